The number of para-hydroxylation sites is 1. The van der Waals surface area contributed by atoms with E-state index >= 15 is 0 Å². The molecule has 2 heterocycles. The molecule has 0 unspecified atom stereocenters. The molecule has 8 nitrogen and oxygen atoms in total. The number of allylic oxidation sites excluding steroid dienone is 2. The number of imidazole rings is 1. The topological polar surface area (TPSA) is 114 Å². The summed E-state index contributed by atoms with van der Waals surface area (Å²) in [5, 5.41) is 32.1. The Labute approximate surface area is 229 Å². The molecule has 0 spiro atoms. The summed E-state index contributed by atoms with van der Waals surface area (Å²) in [6, 6.07) is 6.36. The lowest BCUT2D eigenvalue weighted by Crippen LogP contribution is -2.40. The maximum Gasteiger partial charge on any atom is 0.387 e. The quantitative estimate of drug-likeness (QED) is 0.345. The van der Waals surface area contributed by atoms with E-state index in [0.29, 0.717) is 54.0 Å². The molecule has 3 N–H and O–H groups in total. The summed E-state index contributed by atoms with van der Waals surface area (Å²) >= 11 is 0. The van der Waals surface area contributed by atoms with Crippen LogP contribution in [0.5, 0.6) is 5.75 Å². The molecular formula is C29H31F3N4O4. The zero-order chi connectivity index (χ0) is 28.8. The maximum atomic E-state index is 14.9. The van der Waals surface area contributed by atoms with E-state index < -0.39 is 35.7 Å². The minimum absolute atomic E-state index is 0.0156. The number of nitrogens with zero attached hydrogens (tertiary/aromatic N) is 4. The fourth-order valence-electron chi connectivity index (χ4n) is 5.59. The lowest BCUT2D eigenvalue weighted by molar-refractivity contribution is -0.0802. The van der Waals surface area contributed by atoms with Crippen LogP contribution < -0.4 is 4.74 Å². The number of fused-ring (bicyclic) bond motifs is 1. The summed E-state index contributed by atoms with van der Waals surface area (Å²) < 4.78 is 47.4. The third-order valence-corrected chi connectivity index (χ3v) is 7.85. The van der Waals surface area contributed by atoms with Crippen molar-refractivity contribution in [3.05, 3.63) is 83.2 Å². The first-order valence-electron chi connectivity index (χ1n) is 13.0. The molecule has 3 aromatic rings. The van der Waals surface area contributed by atoms with Crippen LogP contribution in [0.3, 0.4) is 0 Å². The standard InChI is InChI=1S/C29H31F3N4O4/c1-16(30)21(18-13-33-26(34-14-18)29(39)10-8-28(3,38)9-11-29)15-36-17(2)35-24-22(37)12-20(25(24)36)19-6-4-5-7-23(19)40-27(31)32/h4-7,13-15,20,22,27,37-39H,1,8-12H2,2-3H3/b21-15+/t20-,22-,28-,29+/m1/s1. The van der Waals surface area contributed by atoms with Gasteiger partial charge in [-0.15, -0.1) is 0 Å². The van der Waals surface area contributed by atoms with Gasteiger partial charge in [-0.25, -0.2) is 19.3 Å². The number of benzene rings is 1. The monoisotopic (exact) mass is 556 g/mol. The molecule has 1 fully saturated rings. The van der Waals surface area contributed by atoms with Crippen LogP contribution in [0.1, 0.15) is 85.2 Å². The van der Waals surface area contributed by atoms with Gasteiger partial charge in [0.2, 0.25) is 0 Å². The molecule has 40 heavy (non-hydrogen) atoms. The number of alkyl halides is 2. The molecular weight excluding hydrogens is 525 g/mol. The van der Waals surface area contributed by atoms with E-state index in [9.17, 15) is 28.5 Å². The van der Waals surface area contributed by atoms with Crippen molar-refractivity contribution in [3.8, 4) is 5.75 Å². The lowest BCUT2D eigenvalue weighted by Gasteiger charge is -2.38. The highest BCUT2D eigenvalue weighted by Gasteiger charge is 2.41. The van der Waals surface area contributed by atoms with Crippen LogP contribution in [0.4, 0.5) is 13.2 Å². The minimum atomic E-state index is -3.03. The van der Waals surface area contributed by atoms with Gasteiger partial charge in [0.1, 0.15) is 23.0 Å². The average Bonchev–Trinajstić information content (AvgIpc) is 3.39. The SMILES string of the molecule is C=C(F)/C(=C\n1c(C)nc2c1[C@@H](c1ccccc1OC(F)F)C[C@H]2O)c1cnc([C@]2(O)CC[C@@](C)(O)CC2)nc1. The van der Waals surface area contributed by atoms with Crippen LogP contribution in [0.2, 0.25) is 0 Å². The Morgan fingerprint density at radius 3 is 2.42 bits per heavy atom. The van der Waals surface area contributed by atoms with Gasteiger partial charge in [-0.2, -0.15) is 8.78 Å². The predicted octanol–water partition coefficient (Wildman–Crippen LogP) is 5.15. The largest absolute Gasteiger partial charge is 0.435 e. The van der Waals surface area contributed by atoms with E-state index in [1.807, 2.05) is 0 Å². The number of aromatic nitrogens is 4. The second kappa shape index (κ2) is 10.5. The molecule has 1 saturated carbocycles. The van der Waals surface area contributed by atoms with E-state index in [0.717, 1.165) is 0 Å². The number of hydrogen-bond donors (Lipinski definition) is 3. The van der Waals surface area contributed by atoms with Gasteiger partial charge in [0.05, 0.1) is 23.1 Å². The fourth-order valence-corrected chi connectivity index (χ4v) is 5.59. The minimum Gasteiger partial charge on any atom is -0.435 e. The molecule has 11 heteroatoms. The van der Waals surface area contributed by atoms with E-state index in [1.54, 1.807) is 36.6 Å². The van der Waals surface area contributed by atoms with E-state index in [-0.39, 0.29) is 23.6 Å². The Balaban J connectivity index is 1.53. The Kier molecular flexibility index (Phi) is 7.32. The van der Waals surface area contributed by atoms with Crippen LogP contribution in [-0.4, -0.2) is 47.1 Å². The summed E-state index contributed by atoms with van der Waals surface area (Å²) in [7, 11) is 0. The van der Waals surface area contributed by atoms with E-state index in [4.69, 9.17) is 4.74 Å². The van der Waals surface area contributed by atoms with E-state index in [1.165, 1.54) is 24.7 Å². The van der Waals surface area contributed by atoms with Crippen molar-refractivity contribution in [1.82, 2.24) is 19.5 Å². The number of ether oxygens (including phenoxy) is 1. The molecule has 5 rings (SSSR count). The number of halogens is 3. The Morgan fingerprint density at radius 2 is 1.80 bits per heavy atom. The Bertz CT molecular complexity index is 1440. The molecule has 2 aliphatic carbocycles. The van der Waals surface area contributed by atoms with Crippen molar-refractivity contribution >= 4 is 11.8 Å². The molecule has 2 aromatic heterocycles. The molecule has 212 valence electrons. The van der Waals surface area contributed by atoms with Crippen LogP contribution in [0, 0.1) is 6.92 Å². The van der Waals surface area contributed by atoms with Gasteiger partial charge < -0.3 is 24.6 Å². The first-order valence-corrected chi connectivity index (χ1v) is 13.0. The average molecular weight is 557 g/mol. The maximum absolute atomic E-state index is 14.9. The zero-order valence-corrected chi connectivity index (χ0v) is 22.2. The molecule has 0 bridgehead atoms. The number of aliphatic hydroxyl groups is 3. The fraction of sp³-hybridized carbons (Fsp3) is 0.414. The molecule has 0 radical (unpaired) electrons. The number of hydrogen-bond acceptors (Lipinski definition) is 7. The first-order chi connectivity index (χ1) is 18.9. The van der Waals surface area contributed by atoms with Gasteiger partial charge in [0, 0.05) is 41.2 Å². The second-order valence-corrected chi connectivity index (χ2v) is 10.8. The van der Waals surface area contributed by atoms with E-state index in [2.05, 4.69) is 21.5 Å². The van der Waals surface area contributed by atoms with Gasteiger partial charge in [-0.3, -0.25) is 0 Å². The van der Waals surface area contributed by atoms with Crippen LogP contribution >= 0.6 is 0 Å². The van der Waals surface area contributed by atoms with Crippen molar-refractivity contribution in [2.24, 2.45) is 0 Å². The highest BCUT2D eigenvalue weighted by atomic mass is 19.3. The number of aryl methyl sites for hydroxylation is 1. The third kappa shape index (κ3) is 5.28. The van der Waals surface area contributed by atoms with Gasteiger partial charge in [-0.05, 0) is 52.0 Å². The van der Waals surface area contributed by atoms with Crippen molar-refractivity contribution in [3.63, 3.8) is 0 Å². The van der Waals surface area contributed by atoms with Crippen LogP contribution in [-0.2, 0) is 5.60 Å². The summed E-state index contributed by atoms with van der Waals surface area (Å²) in [6.45, 7) is 3.85. The molecule has 0 aliphatic heterocycles. The highest BCUT2D eigenvalue weighted by molar-refractivity contribution is 5.84. The van der Waals surface area contributed by atoms with Crippen molar-refractivity contribution in [2.75, 3.05) is 0 Å². The van der Waals surface area contributed by atoms with Gasteiger partial charge in [0.25, 0.3) is 0 Å². The van der Waals surface area contributed by atoms with Gasteiger partial charge in [-0.1, -0.05) is 24.8 Å². The molecule has 2 atom stereocenters. The normalized spacial score (nSPS) is 26.7. The first kappa shape index (κ1) is 28.0. The number of rotatable bonds is 7. The Hall–Kier alpha value is -3.54. The summed E-state index contributed by atoms with van der Waals surface area (Å²) in [4.78, 5) is 13.1. The van der Waals surface area contributed by atoms with Crippen molar-refractivity contribution in [1.29, 1.82) is 0 Å². The lowest BCUT2D eigenvalue weighted by atomic mass is 9.76. The van der Waals surface area contributed by atoms with Crippen LogP contribution in [0.25, 0.3) is 11.8 Å². The molecule has 2 aliphatic rings. The molecule has 0 saturated heterocycles. The molecule has 1 aromatic carbocycles. The number of aliphatic hydroxyl groups excluding tert-OH is 1. The zero-order valence-electron chi connectivity index (χ0n) is 22.2. The second-order valence-electron chi connectivity index (χ2n) is 10.8. The summed E-state index contributed by atoms with van der Waals surface area (Å²) in [5.74, 6) is -0.710. The van der Waals surface area contributed by atoms with Crippen molar-refractivity contribution < 1.29 is 33.2 Å². The van der Waals surface area contributed by atoms with Gasteiger partial charge >= 0.3 is 6.61 Å². The van der Waals surface area contributed by atoms with Crippen molar-refractivity contribution in [2.45, 2.75) is 75.8 Å². The smallest absolute Gasteiger partial charge is 0.387 e. The highest BCUT2D eigenvalue weighted by Crippen LogP contribution is 2.47. The summed E-state index contributed by atoms with van der Waals surface area (Å²) in [5.41, 5.74) is -0.466. The molecule has 0 amide bonds. The third-order valence-electron chi connectivity index (χ3n) is 7.85. The van der Waals surface area contributed by atoms with Crippen LogP contribution in [0.15, 0.2) is 49.1 Å². The summed E-state index contributed by atoms with van der Waals surface area (Å²) in [6.07, 6.45) is 4.86. The Morgan fingerprint density at radius 1 is 1.15 bits per heavy atom. The predicted molar refractivity (Wildman–Crippen MR) is 141 cm³/mol. The van der Waals surface area contributed by atoms with Gasteiger partial charge in [0.15, 0.2) is 5.82 Å².